The molecule has 1 aliphatic heterocycles. The first-order valence-corrected chi connectivity index (χ1v) is 11.2. The summed E-state index contributed by atoms with van der Waals surface area (Å²) in [6, 6.07) is 12.8. The summed E-state index contributed by atoms with van der Waals surface area (Å²) in [7, 11) is 0. The maximum absolute atomic E-state index is 13.4. The Labute approximate surface area is 201 Å². The van der Waals surface area contributed by atoms with E-state index in [1.807, 2.05) is 6.07 Å². The van der Waals surface area contributed by atoms with Crippen molar-refractivity contribution in [3.63, 3.8) is 0 Å². The molecule has 2 amide bonds. The third kappa shape index (κ3) is 6.01. The number of urea groups is 1. The van der Waals surface area contributed by atoms with Gasteiger partial charge >= 0.3 is 6.03 Å². The van der Waals surface area contributed by atoms with Crippen molar-refractivity contribution in [2.75, 3.05) is 23.7 Å². The first kappa shape index (κ1) is 23.1. The second-order valence-corrected chi connectivity index (χ2v) is 8.27. The summed E-state index contributed by atoms with van der Waals surface area (Å²) < 4.78 is 17.7. The smallest absolute Gasteiger partial charge is 0.321 e. The Balaban J connectivity index is 1.54. The number of piperidine rings is 1. The van der Waals surface area contributed by atoms with Crippen molar-refractivity contribution in [2.24, 2.45) is 9.12 Å². The molecular weight excluding hydrogens is 580 g/mol. The molecule has 3 rings (SSSR count). The van der Waals surface area contributed by atoms with Gasteiger partial charge < -0.3 is 15.5 Å². The number of hydrogen-bond acceptors (Lipinski definition) is 4. The highest BCUT2D eigenvalue weighted by molar-refractivity contribution is 14.1. The van der Waals surface area contributed by atoms with Crippen LogP contribution in [0.25, 0.3) is 0 Å². The lowest BCUT2D eigenvalue weighted by Crippen LogP contribution is -2.44. The van der Waals surface area contributed by atoms with E-state index in [9.17, 15) is 14.0 Å². The van der Waals surface area contributed by atoms with Gasteiger partial charge in [0.2, 0.25) is 5.78 Å². The molecule has 0 aromatic heterocycles. The van der Waals surface area contributed by atoms with E-state index in [-0.39, 0.29) is 23.6 Å². The standard InChI is InChI=1S/C21H18BrFIN5O2/c22-17-11-16(5-6-18(17)23)26-20(28-24)19(30)14-7-9-29(10-8-14)21(31)27-15-3-1-13(12-25)2-4-15/h1-6,11,14H,7-10H2,(H,26,28)(H,27,31). The number of halogens is 3. The van der Waals surface area contributed by atoms with Crippen molar-refractivity contribution in [3.8, 4) is 6.07 Å². The van der Waals surface area contributed by atoms with Crippen LogP contribution in [0, 0.1) is 23.1 Å². The number of carbonyl (C=O) groups excluding carboxylic acids is 2. The highest BCUT2D eigenvalue weighted by atomic mass is 127. The van der Waals surface area contributed by atoms with Crippen LogP contribution >= 0.6 is 38.8 Å². The van der Waals surface area contributed by atoms with E-state index in [0.717, 1.165) is 0 Å². The van der Waals surface area contributed by atoms with Crippen molar-refractivity contribution in [1.29, 1.82) is 5.26 Å². The molecule has 0 bridgehead atoms. The van der Waals surface area contributed by atoms with E-state index in [1.54, 1.807) is 58.1 Å². The molecule has 0 unspecified atom stereocenters. The van der Waals surface area contributed by atoms with Crippen molar-refractivity contribution in [2.45, 2.75) is 12.8 Å². The van der Waals surface area contributed by atoms with Gasteiger partial charge in [0.25, 0.3) is 0 Å². The van der Waals surface area contributed by atoms with Gasteiger partial charge in [0, 0.05) is 30.4 Å². The Hall–Kier alpha value is -2.52. The summed E-state index contributed by atoms with van der Waals surface area (Å²) in [6.07, 6.45) is 1.04. The molecule has 1 saturated heterocycles. The van der Waals surface area contributed by atoms with E-state index >= 15 is 0 Å². The van der Waals surface area contributed by atoms with E-state index in [2.05, 4.69) is 29.8 Å². The number of amidine groups is 1. The number of rotatable bonds is 4. The molecule has 0 aliphatic carbocycles. The van der Waals surface area contributed by atoms with Crippen LogP contribution in [0.1, 0.15) is 18.4 Å². The number of ketones is 1. The number of anilines is 2. The molecule has 0 radical (unpaired) electrons. The second-order valence-electron chi connectivity index (χ2n) is 6.93. The fraction of sp³-hybridized carbons (Fsp3) is 0.238. The molecule has 160 valence electrons. The minimum Gasteiger partial charge on any atom is -0.337 e. The third-order valence-electron chi connectivity index (χ3n) is 4.92. The SMILES string of the molecule is N#Cc1ccc(NC(=O)N2CCC(C(=O)/C(=N/I)Nc3ccc(F)c(Br)c3)CC2)cc1. The average molecular weight is 598 g/mol. The predicted molar refractivity (Wildman–Crippen MR) is 129 cm³/mol. The fourth-order valence-corrected chi connectivity index (χ4v) is 3.94. The number of carbonyl (C=O) groups is 2. The molecule has 2 N–H and O–H groups in total. The van der Waals surface area contributed by atoms with Gasteiger partial charge in [-0.15, -0.1) is 0 Å². The molecule has 0 saturated carbocycles. The zero-order valence-electron chi connectivity index (χ0n) is 16.2. The maximum atomic E-state index is 13.4. The fourth-order valence-electron chi connectivity index (χ4n) is 3.20. The van der Waals surface area contributed by atoms with Gasteiger partial charge in [0.15, 0.2) is 5.84 Å². The number of nitriles is 1. The Morgan fingerprint density at radius 3 is 2.35 bits per heavy atom. The highest BCUT2D eigenvalue weighted by Gasteiger charge is 2.30. The average Bonchev–Trinajstić information content (AvgIpc) is 2.80. The Bertz CT molecular complexity index is 1050. The van der Waals surface area contributed by atoms with Crippen LogP contribution in [0.4, 0.5) is 20.6 Å². The molecule has 31 heavy (non-hydrogen) atoms. The van der Waals surface area contributed by atoms with Crippen LogP contribution in [0.3, 0.4) is 0 Å². The van der Waals surface area contributed by atoms with Crippen LogP contribution in [0.15, 0.2) is 50.1 Å². The lowest BCUT2D eigenvalue weighted by Gasteiger charge is -2.31. The topological polar surface area (TPSA) is 97.6 Å². The molecule has 10 heteroatoms. The van der Waals surface area contributed by atoms with Gasteiger partial charge in [-0.05, 0) is 71.2 Å². The highest BCUT2D eigenvalue weighted by Crippen LogP contribution is 2.23. The summed E-state index contributed by atoms with van der Waals surface area (Å²) >= 11 is 4.88. The van der Waals surface area contributed by atoms with Crippen molar-refractivity contribution in [3.05, 3.63) is 58.3 Å². The predicted octanol–water partition coefficient (Wildman–Crippen LogP) is 5.13. The minimum absolute atomic E-state index is 0.137. The monoisotopic (exact) mass is 597 g/mol. The summed E-state index contributed by atoms with van der Waals surface area (Å²) in [5.74, 6) is -0.595. The van der Waals surface area contributed by atoms with E-state index in [1.165, 1.54) is 12.1 Å². The largest absolute Gasteiger partial charge is 0.337 e. The van der Waals surface area contributed by atoms with Gasteiger partial charge in [-0.2, -0.15) is 8.47 Å². The summed E-state index contributed by atoms with van der Waals surface area (Å²) in [6.45, 7) is 0.879. The molecule has 1 fully saturated rings. The quantitative estimate of drug-likeness (QED) is 0.290. The molecular formula is C21H18BrFIN5O2. The number of likely N-dealkylation sites (tertiary alicyclic amines) is 1. The lowest BCUT2D eigenvalue weighted by atomic mass is 9.92. The van der Waals surface area contributed by atoms with Crippen LogP contribution < -0.4 is 10.6 Å². The lowest BCUT2D eigenvalue weighted by molar-refractivity contribution is -0.117. The van der Waals surface area contributed by atoms with Crippen molar-refractivity contribution < 1.29 is 14.0 Å². The van der Waals surface area contributed by atoms with Crippen molar-refractivity contribution >= 4 is 67.8 Å². The molecule has 7 nitrogen and oxygen atoms in total. The number of nitrogens with one attached hydrogen (secondary N) is 2. The van der Waals surface area contributed by atoms with Gasteiger partial charge in [-0.1, -0.05) is 0 Å². The number of benzene rings is 2. The molecule has 2 aromatic rings. The number of nitrogens with zero attached hydrogens (tertiary/aromatic N) is 3. The first-order chi connectivity index (χ1) is 14.9. The summed E-state index contributed by atoms with van der Waals surface area (Å²) in [5.41, 5.74) is 1.68. The second kappa shape index (κ2) is 10.7. The number of amides is 2. The molecule has 1 heterocycles. The molecule has 0 spiro atoms. The van der Waals surface area contributed by atoms with Gasteiger partial charge in [-0.25, -0.2) is 9.18 Å². The van der Waals surface area contributed by atoms with Gasteiger partial charge in [0.1, 0.15) is 5.82 Å². The maximum Gasteiger partial charge on any atom is 0.321 e. The molecule has 1 aliphatic rings. The van der Waals surface area contributed by atoms with Crippen LogP contribution in [0.5, 0.6) is 0 Å². The van der Waals surface area contributed by atoms with E-state index in [4.69, 9.17) is 5.26 Å². The molecule has 2 aromatic carbocycles. The summed E-state index contributed by atoms with van der Waals surface area (Å²) in [4.78, 5) is 27.0. The van der Waals surface area contributed by atoms with Crippen LogP contribution in [0.2, 0.25) is 0 Å². The van der Waals surface area contributed by atoms with Gasteiger partial charge in [0.05, 0.1) is 39.0 Å². The summed E-state index contributed by atoms with van der Waals surface area (Å²) in [5, 5.41) is 14.6. The molecule has 0 atom stereocenters. The first-order valence-electron chi connectivity index (χ1n) is 9.42. The van der Waals surface area contributed by atoms with Crippen molar-refractivity contribution in [1.82, 2.24) is 4.90 Å². The Kier molecular flexibility index (Phi) is 7.97. The number of Topliss-reactive ketones (excluding diaryl/α,β-unsaturated/α-hetero) is 1. The normalized spacial score (nSPS) is 14.6. The van der Waals surface area contributed by atoms with Crippen LogP contribution in [-0.4, -0.2) is 35.6 Å². The van der Waals surface area contributed by atoms with E-state index in [0.29, 0.717) is 47.3 Å². The van der Waals surface area contributed by atoms with Crippen LogP contribution in [-0.2, 0) is 4.79 Å². The van der Waals surface area contributed by atoms with E-state index < -0.39 is 5.82 Å². The third-order valence-corrected chi connectivity index (χ3v) is 6.01. The number of hydrogen-bond donors (Lipinski definition) is 2. The van der Waals surface area contributed by atoms with Gasteiger partial charge in [-0.3, -0.25) is 4.79 Å². The zero-order chi connectivity index (χ0) is 22.4. The zero-order valence-corrected chi connectivity index (χ0v) is 20.0. The minimum atomic E-state index is -0.392. The Morgan fingerprint density at radius 1 is 1.13 bits per heavy atom. The Morgan fingerprint density at radius 2 is 1.77 bits per heavy atom.